The zero-order valence-electron chi connectivity index (χ0n) is 7.99. The molecule has 1 heterocycles. The van der Waals surface area contributed by atoms with Crippen molar-refractivity contribution in [1.82, 2.24) is 9.97 Å². The summed E-state index contributed by atoms with van der Waals surface area (Å²) in [6.45, 7) is -0.532. The van der Waals surface area contributed by atoms with Crippen LogP contribution in [0.1, 0.15) is 0 Å². The Bertz CT molecular complexity index is 351. The smallest absolute Gasteiger partial charge is 0.265 e. The Balaban J connectivity index is 2.65. The molecular formula is C7H10F3N5O. The summed E-state index contributed by atoms with van der Waals surface area (Å²) >= 11 is 0. The SMILES string of the molecule is NNc1ncc(F)c(NCC(O)C(F)F)n1. The first-order valence-electron chi connectivity index (χ1n) is 4.24. The molecule has 5 N–H and O–H groups in total. The van der Waals surface area contributed by atoms with Gasteiger partial charge in [0.15, 0.2) is 11.6 Å². The molecule has 0 aliphatic rings. The minimum Gasteiger partial charge on any atom is -0.385 e. The molecule has 1 unspecified atom stereocenters. The van der Waals surface area contributed by atoms with E-state index < -0.39 is 24.9 Å². The molecule has 16 heavy (non-hydrogen) atoms. The van der Waals surface area contributed by atoms with E-state index in [0.717, 1.165) is 6.20 Å². The summed E-state index contributed by atoms with van der Waals surface area (Å²) in [6.07, 6.45) is -3.99. The van der Waals surface area contributed by atoms with Gasteiger partial charge in [-0.05, 0) is 0 Å². The molecule has 6 nitrogen and oxygen atoms in total. The van der Waals surface area contributed by atoms with Crippen molar-refractivity contribution in [2.24, 2.45) is 5.84 Å². The maximum atomic E-state index is 13.0. The van der Waals surface area contributed by atoms with Crippen molar-refractivity contribution in [3.8, 4) is 0 Å². The minimum atomic E-state index is -2.91. The van der Waals surface area contributed by atoms with Crippen LogP contribution in [0.25, 0.3) is 0 Å². The largest absolute Gasteiger partial charge is 0.385 e. The zero-order valence-corrected chi connectivity index (χ0v) is 7.99. The highest BCUT2D eigenvalue weighted by Gasteiger charge is 2.17. The number of hydrogen-bond donors (Lipinski definition) is 4. The summed E-state index contributed by atoms with van der Waals surface area (Å²) in [6, 6.07) is 0. The third-order valence-corrected chi connectivity index (χ3v) is 1.64. The van der Waals surface area contributed by atoms with Gasteiger partial charge in [0.1, 0.15) is 6.10 Å². The average molecular weight is 237 g/mol. The van der Waals surface area contributed by atoms with Crippen LogP contribution < -0.4 is 16.6 Å². The first kappa shape index (κ1) is 12.5. The minimum absolute atomic E-state index is 0.0737. The lowest BCUT2D eigenvalue weighted by Gasteiger charge is -2.11. The van der Waals surface area contributed by atoms with E-state index in [1.165, 1.54) is 0 Å². The van der Waals surface area contributed by atoms with E-state index in [0.29, 0.717) is 0 Å². The van der Waals surface area contributed by atoms with Crippen molar-refractivity contribution < 1.29 is 18.3 Å². The lowest BCUT2D eigenvalue weighted by Crippen LogP contribution is -2.27. The van der Waals surface area contributed by atoms with Crippen LogP contribution in [0.5, 0.6) is 0 Å². The number of aromatic nitrogens is 2. The summed E-state index contributed by atoms with van der Waals surface area (Å²) in [5, 5.41) is 11.0. The molecule has 0 fully saturated rings. The second-order valence-electron chi connectivity index (χ2n) is 2.82. The number of nitrogens with zero attached hydrogens (tertiary/aromatic N) is 2. The van der Waals surface area contributed by atoms with Crippen LogP contribution in [0.4, 0.5) is 24.9 Å². The third kappa shape index (κ3) is 3.21. The summed E-state index contributed by atoms with van der Waals surface area (Å²) < 4.78 is 36.9. The second-order valence-corrected chi connectivity index (χ2v) is 2.82. The Hall–Kier alpha value is -1.61. The predicted octanol–water partition coefficient (Wildman–Crippen LogP) is -0.0608. The van der Waals surface area contributed by atoms with Gasteiger partial charge in [-0.25, -0.2) is 24.0 Å². The number of nitrogens with two attached hydrogens (primary N) is 1. The fraction of sp³-hybridized carbons (Fsp3) is 0.429. The van der Waals surface area contributed by atoms with Crippen LogP contribution in [0.3, 0.4) is 0 Å². The van der Waals surface area contributed by atoms with Crippen LogP contribution in [0.2, 0.25) is 0 Å². The van der Waals surface area contributed by atoms with E-state index in [2.05, 4.69) is 20.7 Å². The maximum absolute atomic E-state index is 13.0. The highest BCUT2D eigenvalue weighted by Crippen LogP contribution is 2.11. The van der Waals surface area contributed by atoms with E-state index in [9.17, 15) is 13.2 Å². The van der Waals surface area contributed by atoms with E-state index >= 15 is 0 Å². The third-order valence-electron chi connectivity index (χ3n) is 1.64. The normalized spacial score (nSPS) is 12.6. The number of halogens is 3. The molecule has 0 aromatic carbocycles. The molecule has 0 amide bonds. The summed E-state index contributed by atoms with van der Waals surface area (Å²) in [4.78, 5) is 6.98. The summed E-state index contributed by atoms with van der Waals surface area (Å²) in [7, 11) is 0. The van der Waals surface area contributed by atoms with Gasteiger partial charge in [0, 0.05) is 6.54 Å². The summed E-state index contributed by atoms with van der Waals surface area (Å²) in [5.41, 5.74) is 2.07. The van der Waals surface area contributed by atoms with E-state index in [1.807, 2.05) is 0 Å². The number of aliphatic hydroxyl groups excluding tert-OH is 1. The van der Waals surface area contributed by atoms with Crippen molar-refractivity contribution in [2.45, 2.75) is 12.5 Å². The Kier molecular flexibility index (Phi) is 4.26. The van der Waals surface area contributed by atoms with Crippen LogP contribution in [-0.2, 0) is 0 Å². The standard InChI is InChI=1S/C7H10F3N5O/c8-3-1-13-7(15-11)14-6(3)12-2-4(16)5(9)10/h1,4-5,16H,2,11H2,(H2,12,13,14,15). The van der Waals surface area contributed by atoms with Crippen molar-refractivity contribution in [3.05, 3.63) is 12.0 Å². The molecule has 90 valence electrons. The fourth-order valence-electron chi connectivity index (χ4n) is 0.851. The lowest BCUT2D eigenvalue weighted by atomic mass is 10.3. The molecule has 1 rings (SSSR count). The molecule has 0 radical (unpaired) electrons. The van der Waals surface area contributed by atoms with Crippen molar-refractivity contribution in [1.29, 1.82) is 0 Å². The van der Waals surface area contributed by atoms with Crippen LogP contribution in [-0.4, -0.2) is 34.1 Å². The van der Waals surface area contributed by atoms with Crippen molar-refractivity contribution >= 4 is 11.8 Å². The van der Waals surface area contributed by atoms with E-state index in [4.69, 9.17) is 10.9 Å². The Labute approximate surface area is 88.7 Å². The van der Waals surface area contributed by atoms with E-state index in [1.54, 1.807) is 0 Å². The highest BCUT2D eigenvalue weighted by molar-refractivity contribution is 5.40. The lowest BCUT2D eigenvalue weighted by molar-refractivity contribution is 0.00377. The number of anilines is 2. The molecule has 0 aliphatic heterocycles. The number of hydrogen-bond acceptors (Lipinski definition) is 6. The van der Waals surface area contributed by atoms with Gasteiger partial charge in [-0.3, -0.25) is 5.43 Å². The Morgan fingerprint density at radius 3 is 2.75 bits per heavy atom. The van der Waals surface area contributed by atoms with Gasteiger partial charge in [-0.15, -0.1) is 0 Å². The molecular weight excluding hydrogens is 227 g/mol. The van der Waals surface area contributed by atoms with Crippen molar-refractivity contribution in [2.75, 3.05) is 17.3 Å². The quantitative estimate of drug-likeness (QED) is 0.423. The number of aliphatic hydroxyl groups is 1. The second kappa shape index (κ2) is 5.47. The monoisotopic (exact) mass is 237 g/mol. The zero-order chi connectivity index (χ0) is 12.1. The summed E-state index contributed by atoms with van der Waals surface area (Å²) in [5.74, 6) is 3.75. The first-order chi connectivity index (χ1) is 7.54. The molecule has 1 aromatic heterocycles. The highest BCUT2D eigenvalue weighted by atomic mass is 19.3. The molecule has 1 aromatic rings. The molecule has 0 saturated heterocycles. The fourth-order valence-corrected chi connectivity index (χ4v) is 0.851. The average Bonchev–Trinajstić information content (AvgIpc) is 2.27. The van der Waals surface area contributed by atoms with Gasteiger partial charge >= 0.3 is 0 Å². The van der Waals surface area contributed by atoms with Gasteiger partial charge < -0.3 is 10.4 Å². The molecule has 0 bridgehead atoms. The number of rotatable bonds is 5. The van der Waals surface area contributed by atoms with Gasteiger partial charge in [-0.1, -0.05) is 0 Å². The topological polar surface area (TPSA) is 96.1 Å². The number of nitrogens with one attached hydrogen (secondary N) is 2. The van der Waals surface area contributed by atoms with Gasteiger partial charge in [0.25, 0.3) is 6.43 Å². The Morgan fingerprint density at radius 2 is 2.19 bits per heavy atom. The maximum Gasteiger partial charge on any atom is 0.265 e. The van der Waals surface area contributed by atoms with Gasteiger partial charge in [-0.2, -0.15) is 4.98 Å². The molecule has 0 aliphatic carbocycles. The number of nitrogen functional groups attached to an aromatic ring is 1. The molecule has 0 saturated carbocycles. The number of alkyl halides is 2. The van der Waals surface area contributed by atoms with Crippen molar-refractivity contribution in [3.63, 3.8) is 0 Å². The van der Waals surface area contributed by atoms with Crippen LogP contribution in [0, 0.1) is 5.82 Å². The Morgan fingerprint density at radius 1 is 1.50 bits per heavy atom. The van der Waals surface area contributed by atoms with Gasteiger partial charge in [0.2, 0.25) is 5.95 Å². The van der Waals surface area contributed by atoms with Gasteiger partial charge in [0.05, 0.1) is 6.20 Å². The predicted molar refractivity (Wildman–Crippen MR) is 50.3 cm³/mol. The number of hydrazine groups is 1. The van der Waals surface area contributed by atoms with E-state index in [-0.39, 0.29) is 11.8 Å². The molecule has 0 spiro atoms. The molecule has 9 heteroatoms. The molecule has 1 atom stereocenters. The van der Waals surface area contributed by atoms with Crippen LogP contribution in [0.15, 0.2) is 6.20 Å². The first-order valence-corrected chi connectivity index (χ1v) is 4.24. The van der Waals surface area contributed by atoms with Crippen LogP contribution >= 0.6 is 0 Å².